The molecule has 1 heterocycles. The molecule has 0 spiro atoms. The maximum Gasteiger partial charge on any atom is 0.400 e. The van der Waals surface area contributed by atoms with Gasteiger partial charge in [-0.2, -0.15) is 13.2 Å². The molecule has 1 aliphatic carbocycles. The maximum atomic E-state index is 14.0. The van der Waals surface area contributed by atoms with Gasteiger partial charge in [-0.05, 0) is 49.8 Å². The Balaban J connectivity index is 1.42. The fraction of sp³-hybridized carbons (Fsp3) is 0.667. The van der Waals surface area contributed by atoms with Gasteiger partial charge in [0.2, 0.25) is 5.91 Å². The van der Waals surface area contributed by atoms with Gasteiger partial charge in [0.15, 0.2) is 11.6 Å². The molecule has 1 saturated carbocycles. The standard InChI is InChI=1S/C21H28F5N3O/c22-16-2-1-3-17(19(16)23)29-12-10-28(11-13-29)9-8-14-4-6-15(7-5-14)18(20(27)30)21(24,25)26/h1-3,14-15,18H,4-13H2,(H2,27,30). The van der Waals surface area contributed by atoms with Crippen molar-refractivity contribution < 1.29 is 26.7 Å². The number of anilines is 1. The SMILES string of the molecule is NC(=O)C(C1CCC(CCN2CCN(c3cccc(F)c3F)CC2)CC1)C(F)(F)F. The highest BCUT2D eigenvalue weighted by Crippen LogP contribution is 2.41. The van der Waals surface area contributed by atoms with Crippen LogP contribution < -0.4 is 10.6 Å². The molecule has 2 N–H and O–H groups in total. The average Bonchev–Trinajstić information content (AvgIpc) is 2.69. The topological polar surface area (TPSA) is 49.6 Å². The zero-order valence-electron chi connectivity index (χ0n) is 16.8. The molecule has 0 aromatic heterocycles. The Morgan fingerprint density at radius 3 is 2.27 bits per heavy atom. The molecule has 1 unspecified atom stereocenters. The number of amides is 1. The summed E-state index contributed by atoms with van der Waals surface area (Å²) < 4.78 is 66.6. The Labute approximate surface area is 173 Å². The molecule has 1 saturated heterocycles. The van der Waals surface area contributed by atoms with Crippen molar-refractivity contribution in [2.75, 3.05) is 37.6 Å². The van der Waals surface area contributed by atoms with Crippen LogP contribution in [0.15, 0.2) is 18.2 Å². The van der Waals surface area contributed by atoms with Gasteiger partial charge in [-0.15, -0.1) is 0 Å². The van der Waals surface area contributed by atoms with Crippen molar-refractivity contribution in [3.05, 3.63) is 29.8 Å². The minimum atomic E-state index is -4.58. The smallest absolute Gasteiger partial charge is 0.369 e. The van der Waals surface area contributed by atoms with Crippen molar-refractivity contribution in [3.8, 4) is 0 Å². The van der Waals surface area contributed by atoms with Crippen molar-refractivity contribution in [3.63, 3.8) is 0 Å². The molecule has 4 nitrogen and oxygen atoms in total. The van der Waals surface area contributed by atoms with Gasteiger partial charge < -0.3 is 10.6 Å². The van der Waals surface area contributed by atoms with Crippen LogP contribution in [0, 0.1) is 29.4 Å². The summed E-state index contributed by atoms with van der Waals surface area (Å²) in [4.78, 5) is 15.4. The van der Waals surface area contributed by atoms with Crippen molar-refractivity contribution in [2.45, 2.75) is 38.3 Å². The lowest BCUT2D eigenvalue weighted by molar-refractivity contribution is -0.194. The number of hydrogen-bond donors (Lipinski definition) is 1. The van der Waals surface area contributed by atoms with E-state index in [4.69, 9.17) is 5.73 Å². The lowest BCUT2D eigenvalue weighted by Gasteiger charge is -2.38. The molecule has 1 atom stereocenters. The van der Waals surface area contributed by atoms with E-state index in [9.17, 15) is 26.7 Å². The number of rotatable bonds is 6. The third-order valence-electron chi connectivity index (χ3n) is 6.52. The Hall–Kier alpha value is -1.90. The molecule has 30 heavy (non-hydrogen) atoms. The van der Waals surface area contributed by atoms with Gasteiger partial charge in [0.05, 0.1) is 5.69 Å². The van der Waals surface area contributed by atoms with E-state index in [2.05, 4.69) is 4.90 Å². The molecular formula is C21H28F5N3O. The van der Waals surface area contributed by atoms with Crippen LogP contribution in [0.3, 0.4) is 0 Å². The lowest BCUT2D eigenvalue weighted by atomic mass is 9.74. The predicted octanol–water partition coefficient (Wildman–Crippen LogP) is 3.95. The van der Waals surface area contributed by atoms with Crippen molar-refractivity contribution in [1.82, 2.24) is 4.90 Å². The van der Waals surface area contributed by atoms with E-state index < -0.39 is 35.6 Å². The first-order chi connectivity index (χ1) is 14.2. The minimum Gasteiger partial charge on any atom is -0.369 e. The number of nitrogens with two attached hydrogens (primary N) is 1. The normalized spacial score (nSPS) is 24.6. The van der Waals surface area contributed by atoms with Crippen LogP contribution in [0.2, 0.25) is 0 Å². The van der Waals surface area contributed by atoms with Crippen LogP contribution in [0.5, 0.6) is 0 Å². The molecule has 1 aromatic carbocycles. The molecular weight excluding hydrogens is 405 g/mol. The quantitative estimate of drug-likeness (QED) is 0.692. The van der Waals surface area contributed by atoms with Gasteiger partial charge in [0.25, 0.3) is 0 Å². The summed E-state index contributed by atoms with van der Waals surface area (Å²) in [6, 6.07) is 4.18. The highest BCUT2D eigenvalue weighted by Gasteiger charge is 2.49. The predicted molar refractivity (Wildman–Crippen MR) is 104 cm³/mol. The number of benzene rings is 1. The van der Waals surface area contributed by atoms with E-state index in [0.29, 0.717) is 44.7 Å². The van der Waals surface area contributed by atoms with Crippen molar-refractivity contribution >= 4 is 11.6 Å². The molecule has 9 heteroatoms. The van der Waals surface area contributed by atoms with E-state index in [1.807, 2.05) is 4.90 Å². The highest BCUT2D eigenvalue weighted by atomic mass is 19.4. The number of primary amides is 1. The lowest BCUT2D eigenvalue weighted by Crippen LogP contribution is -2.47. The third kappa shape index (κ3) is 5.42. The largest absolute Gasteiger partial charge is 0.400 e. The highest BCUT2D eigenvalue weighted by molar-refractivity contribution is 5.77. The number of hydrogen-bond acceptors (Lipinski definition) is 3. The molecule has 3 rings (SSSR count). The fourth-order valence-corrected chi connectivity index (χ4v) is 4.79. The van der Waals surface area contributed by atoms with Crippen LogP contribution in [-0.4, -0.2) is 49.7 Å². The van der Waals surface area contributed by atoms with E-state index in [1.165, 1.54) is 6.07 Å². The second kappa shape index (κ2) is 9.49. The summed E-state index contributed by atoms with van der Waals surface area (Å²) >= 11 is 0. The summed E-state index contributed by atoms with van der Waals surface area (Å²) in [5.74, 6) is -5.39. The van der Waals surface area contributed by atoms with E-state index in [1.54, 1.807) is 6.07 Å². The number of piperazine rings is 1. The first-order valence-corrected chi connectivity index (χ1v) is 10.4. The van der Waals surface area contributed by atoms with E-state index in [-0.39, 0.29) is 5.69 Å². The average molecular weight is 433 g/mol. The number of carbonyl (C=O) groups is 1. The van der Waals surface area contributed by atoms with Crippen molar-refractivity contribution in [1.29, 1.82) is 0 Å². The number of carbonyl (C=O) groups excluding carboxylic acids is 1. The Morgan fingerprint density at radius 1 is 1.07 bits per heavy atom. The molecule has 2 fully saturated rings. The Kier molecular flexibility index (Phi) is 7.21. The summed E-state index contributed by atoms with van der Waals surface area (Å²) in [6.45, 7) is 3.47. The first-order valence-electron chi connectivity index (χ1n) is 10.4. The van der Waals surface area contributed by atoms with Crippen LogP contribution in [-0.2, 0) is 4.79 Å². The zero-order valence-corrected chi connectivity index (χ0v) is 16.8. The monoisotopic (exact) mass is 433 g/mol. The van der Waals surface area contributed by atoms with Gasteiger partial charge in [-0.25, -0.2) is 8.78 Å². The second-order valence-corrected chi connectivity index (χ2v) is 8.39. The summed E-state index contributed by atoms with van der Waals surface area (Å²) in [6.07, 6.45) is -1.63. The molecule has 0 bridgehead atoms. The third-order valence-corrected chi connectivity index (χ3v) is 6.52. The van der Waals surface area contributed by atoms with E-state index in [0.717, 1.165) is 32.1 Å². The molecule has 168 valence electrons. The number of nitrogens with zero attached hydrogens (tertiary/aromatic N) is 2. The number of halogens is 5. The molecule has 1 aromatic rings. The first kappa shape index (κ1) is 22.8. The Bertz CT molecular complexity index is 726. The van der Waals surface area contributed by atoms with Crippen LogP contribution >= 0.6 is 0 Å². The van der Waals surface area contributed by atoms with Crippen molar-refractivity contribution in [2.24, 2.45) is 23.5 Å². The maximum absolute atomic E-state index is 14.0. The van der Waals surface area contributed by atoms with Gasteiger partial charge in [0, 0.05) is 26.2 Å². The van der Waals surface area contributed by atoms with Gasteiger partial charge in [0.1, 0.15) is 5.92 Å². The molecule has 2 aliphatic rings. The second-order valence-electron chi connectivity index (χ2n) is 8.39. The molecule has 1 aliphatic heterocycles. The van der Waals surface area contributed by atoms with Crippen LogP contribution in [0.4, 0.5) is 27.6 Å². The molecule has 1 amide bonds. The van der Waals surface area contributed by atoms with Gasteiger partial charge in [-0.1, -0.05) is 18.9 Å². The van der Waals surface area contributed by atoms with Gasteiger partial charge in [-0.3, -0.25) is 9.69 Å². The van der Waals surface area contributed by atoms with Crippen LogP contribution in [0.25, 0.3) is 0 Å². The van der Waals surface area contributed by atoms with Gasteiger partial charge >= 0.3 is 6.18 Å². The zero-order chi connectivity index (χ0) is 21.9. The minimum absolute atomic E-state index is 0.279. The number of alkyl halides is 3. The summed E-state index contributed by atoms with van der Waals surface area (Å²) in [7, 11) is 0. The Morgan fingerprint density at radius 2 is 1.70 bits per heavy atom. The fourth-order valence-electron chi connectivity index (χ4n) is 4.79. The summed E-state index contributed by atoms with van der Waals surface area (Å²) in [5.41, 5.74) is 5.28. The molecule has 0 radical (unpaired) electrons. The summed E-state index contributed by atoms with van der Waals surface area (Å²) in [5, 5.41) is 0. The van der Waals surface area contributed by atoms with E-state index >= 15 is 0 Å². The van der Waals surface area contributed by atoms with Crippen LogP contribution in [0.1, 0.15) is 32.1 Å².